The SMILES string of the molecule is Cc1cc(CNCC2CCC(N)CC2)on1. The summed E-state index contributed by atoms with van der Waals surface area (Å²) in [6.45, 7) is 3.78. The van der Waals surface area contributed by atoms with Crippen LogP contribution >= 0.6 is 0 Å². The van der Waals surface area contributed by atoms with E-state index in [1.807, 2.05) is 13.0 Å². The first-order valence-corrected chi connectivity index (χ1v) is 6.12. The molecule has 0 bridgehead atoms. The van der Waals surface area contributed by atoms with Crippen molar-refractivity contribution in [1.82, 2.24) is 10.5 Å². The van der Waals surface area contributed by atoms with Crippen LogP contribution in [-0.2, 0) is 6.54 Å². The topological polar surface area (TPSA) is 64.1 Å². The predicted octanol–water partition coefficient (Wildman–Crippen LogP) is 1.59. The van der Waals surface area contributed by atoms with Gasteiger partial charge in [0.15, 0.2) is 5.76 Å². The Morgan fingerprint density at radius 1 is 1.44 bits per heavy atom. The molecule has 1 aromatic heterocycles. The summed E-state index contributed by atoms with van der Waals surface area (Å²) in [7, 11) is 0. The van der Waals surface area contributed by atoms with Gasteiger partial charge in [0.25, 0.3) is 0 Å². The van der Waals surface area contributed by atoms with Crippen molar-refractivity contribution >= 4 is 0 Å². The molecule has 0 unspecified atom stereocenters. The minimum atomic E-state index is 0.438. The average Bonchev–Trinajstić information content (AvgIpc) is 2.67. The van der Waals surface area contributed by atoms with E-state index in [0.717, 1.165) is 30.5 Å². The zero-order valence-electron chi connectivity index (χ0n) is 9.91. The largest absolute Gasteiger partial charge is 0.360 e. The van der Waals surface area contributed by atoms with Gasteiger partial charge in [-0.2, -0.15) is 0 Å². The molecule has 0 amide bonds. The maximum atomic E-state index is 5.88. The number of hydrogen-bond donors (Lipinski definition) is 2. The highest BCUT2D eigenvalue weighted by atomic mass is 16.5. The van der Waals surface area contributed by atoms with Crippen LogP contribution in [0.15, 0.2) is 10.6 Å². The third-order valence-electron chi connectivity index (χ3n) is 3.30. The smallest absolute Gasteiger partial charge is 0.150 e. The van der Waals surface area contributed by atoms with Gasteiger partial charge in [-0.05, 0) is 45.1 Å². The van der Waals surface area contributed by atoms with Crippen LogP contribution in [0.1, 0.15) is 37.1 Å². The number of nitrogens with two attached hydrogens (primary N) is 1. The number of aryl methyl sites for hydroxylation is 1. The van der Waals surface area contributed by atoms with E-state index in [0.29, 0.717) is 6.04 Å². The molecule has 1 saturated carbocycles. The molecule has 3 N–H and O–H groups in total. The second-order valence-corrected chi connectivity index (χ2v) is 4.85. The summed E-state index contributed by atoms with van der Waals surface area (Å²) in [6.07, 6.45) is 4.86. The standard InChI is InChI=1S/C12H21N3O/c1-9-6-12(16-15-9)8-14-7-10-2-4-11(13)5-3-10/h6,10-11,14H,2-5,7-8,13H2,1H3. The molecule has 1 aliphatic carbocycles. The molecular formula is C12H21N3O. The van der Waals surface area contributed by atoms with Crippen LogP contribution < -0.4 is 11.1 Å². The van der Waals surface area contributed by atoms with Crippen molar-refractivity contribution in [2.45, 2.75) is 45.2 Å². The zero-order valence-corrected chi connectivity index (χ0v) is 9.91. The lowest BCUT2D eigenvalue weighted by molar-refractivity contribution is 0.305. The maximum Gasteiger partial charge on any atom is 0.150 e. The van der Waals surface area contributed by atoms with Crippen molar-refractivity contribution < 1.29 is 4.52 Å². The first kappa shape index (κ1) is 11.6. The Morgan fingerprint density at radius 3 is 2.81 bits per heavy atom. The van der Waals surface area contributed by atoms with Gasteiger partial charge in [-0.25, -0.2) is 0 Å². The van der Waals surface area contributed by atoms with E-state index < -0.39 is 0 Å². The Hall–Kier alpha value is -0.870. The molecule has 1 aliphatic rings. The molecule has 16 heavy (non-hydrogen) atoms. The summed E-state index contributed by atoms with van der Waals surface area (Å²) >= 11 is 0. The Balaban J connectivity index is 1.64. The van der Waals surface area contributed by atoms with Gasteiger partial charge in [-0.3, -0.25) is 0 Å². The van der Waals surface area contributed by atoms with Gasteiger partial charge >= 0.3 is 0 Å². The fourth-order valence-electron chi connectivity index (χ4n) is 2.29. The van der Waals surface area contributed by atoms with Gasteiger partial charge in [0.1, 0.15) is 0 Å². The van der Waals surface area contributed by atoms with Crippen LogP contribution in [0.2, 0.25) is 0 Å². The van der Waals surface area contributed by atoms with E-state index in [1.54, 1.807) is 0 Å². The van der Waals surface area contributed by atoms with E-state index in [-0.39, 0.29) is 0 Å². The lowest BCUT2D eigenvalue weighted by Gasteiger charge is -2.25. The third kappa shape index (κ3) is 3.32. The van der Waals surface area contributed by atoms with Gasteiger partial charge in [-0.15, -0.1) is 0 Å². The van der Waals surface area contributed by atoms with E-state index in [2.05, 4.69) is 10.5 Å². The molecule has 2 rings (SSSR count). The summed E-state index contributed by atoms with van der Waals surface area (Å²) in [5.41, 5.74) is 6.82. The van der Waals surface area contributed by atoms with Crippen molar-refractivity contribution in [3.8, 4) is 0 Å². The fraction of sp³-hybridized carbons (Fsp3) is 0.750. The van der Waals surface area contributed by atoms with Crippen molar-refractivity contribution in [3.63, 3.8) is 0 Å². The molecule has 0 saturated heterocycles. The summed E-state index contributed by atoms with van der Waals surface area (Å²) < 4.78 is 5.14. The number of hydrogen-bond acceptors (Lipinski definition) is 4. The Labute approximate surface area is 96.6 Å². The monoisotopic (exact) mass is 223 g/mol. The number of nitrogens with one attached hydrogen (secondary N) is 1. The van der Waals surface area contributed by atoms with Gasteiger partial charge in [0, 0.05) is 12.1 Å². The third-order valence-corrected chi connectivity index (χ3v) is 3.30. The number of rotatable bonds is 4. The molecule has 90 valence electrons. The van der Waals surface area contributed by atoms with Crippen LogP contribution in [0.25, 0.3) is 0 Å². The van der Waals surface area contributed by atoms with Crippen LogP contribution in [0.4, 0.5) is 0 Å². The lowest BCUT2D eigenvalue weighted by atomic mass is 9.86. The summed E-state index contributed by atoms with van der Waals surface area (Å²) in [6, 6.07) is 2.41. The predicted molar refractivity (Wildman–Crippen MR) is 62.9 cm³/mol. The molecule has 1 fully saturated rings. The highest BCUT2D eigenvalue weighted by Gasteiger charge is 2.17. The molecule has 4 heteroatoms. The van der Waals surface area contributed by atoms with Gasteiger partial charge in [0.05, 0.1) is 12.2 Å². The molecule has 0 aromatic carbocycles. The van der Waals surface area contributed by atoms with Crippen LogP contribution in [0.5, 0.6) is 0 Å². The van der Waals surface area contributed by atoms with Crippen molar-refractivity contribution in [1.29, 1.82) is 0 Å². The Bertz CT molecular complexity index is 316. The second-order valence-electron chi connectivity index (χ2n) is 4.85. The summed E-state index contributed by atoms with van der Waals surface area (Å²) in [5, 5.41) is 7.29. The first-order valence-electron chi connectivity index (χ1n) is 6.12. The maximum absolute atomic E-state index is 5.88. The number of aromatic nitrogens is 1. The van der Waals surface area contributed by atoms with E-state index in [1.165, 1.54) is 25.7 Å². The van der Waals surface area contributed by atoms with Crippen LogP contribution in [-0.4, -0.2) is 17.7 Å². The van der Waals surface area contributed by atoms with Gasteiger partial charge in [0.2, 0.25) is 0 Å². The Kier molecular flexibility index (Phi) is 3.96. The van der Waals surface area contributed by atoms with Crippen molar-refractivity contribution in [3.05, 3.63) is 17.5 Å². The lowest BCUT2D eigenvalue weighted by Crippen LogP contribution is -2.31. The highest BCUT2D eigenvalue weighted by Crippen LogP contribution is 2.22. The summed E-state index contributed by atoms with van der Waals surface area (Å²) in [5.74, 6) is 1.70. The molecule has 0 spiro atoms. The minimum absolute atomic E-state index is 0.438. The normalized spacial score (nSPS) is 25.9. The molecular weight excluding hydrogens is 202 g/mol. The van der Waals surface area contributed by atoms with Gasteiger partial charge < -0.3 is 15.6 Å². The van der Waals surface area contributed by atoms with Crippen LogP contribution in [0.3, 0.4) is 0 Å². The molecule has 0 aliphatic heterocycles. The number of nitrogens with zero attached hydrogens (tertiary/aromatic N) is 1. The Morgan fingerprint density at radius 2 is 2.19 bits per heavy atom. The van der Waals surface area contributed by atoms with Crippen molar-refractivity contribution in [2.24, 2.45) is 11.7 Å². The van der Waals surface area contributed by atoms with Gasteiger partial charge in [-0.1, -0.05) is 5.16 Å². The average molecular weight is 223 g/mol. The molecule has 1 heterocycles. The molecule has 1 aromatic rings. The van der Waals surface area contributed by atoms with E-state index in [9.17, 15) is 0 Å². The molecule has 0 radical (unpaired) electrons. The van der Waals surface area contributed by atoms with E-state index in [4.69, 9.17) is 10.3 Å². The first-order chi connectivity index (χ1) is 7.74. The second kappa shape index (κ2) is 5.46. The van der Waals surface area contributed by atoms with Crippen molar-refractivity contribution in [2.75, 3.05) is 6.54 Å². The minimum Gasteiger partial charge on any atom is -0.360 e. The van der Waals surface area contributed by atoms with Crippen LogP contribution in [0, 0.1) is 12.8 Å². The molecule has 4 nitrogen and oxygen atoms in total. The van der Waals surface area contributed by atoms with E-state index >= 15 is 0 Å². The summed E-state index contributed by atoms with van der Waals surface area (Å²) in [4.78, 5) is 0. The fourth-order valence-corrected chi connectivity index (χ4v) is 2.29. The highest BCUT2D eigenvalue weighted by molar-refractivity contribution is 5.02. The molecule has 0 atom stereocenters. The zero-order chi connectivity index (χ0) is 11.4. The quantitative estimate of drug-likeness (QED) is 0.813.